The Kier molecular flexibility index (Phi) is 6.08. The van der Waals surface area contributed by atoms with Gasteiger partial charge in [-0.3, -0.25) is 0 Å². The molecule has 29 heavy (non-hydrogen) atoms. The Labute approximate surface area is 189 Å². The Hall–Kier alpha value is -1.16. The molecule has 3 aromatic rings. The van der Waals surface area contributed by atoms with E-state index in [0.717, 1.165) is 0 Å². The van der Waals surface area contributed by atoms with Crippen LogP contribution in [0.2, 0.25) is 0 Å². The minimum Gasteiger partial charge on any atom is -0.140 e. The molecule has 3 aromatic heterocycles. The van der Waals surface area contributed by atoms with E-state index in [1.54, 1.807) is 0 Å². The Morgan fingerprint density at radius 3 is 1.69 bits per heavy atom. The second kappa shape index (κ2) is 7.83. The summed E-state index contributed by atoms with van der Waals surface area (Å²) in [5.41, 5.74) is 6.07. The van der Waals surface area contributed by atoms with Crippen molar-refractivity contribution in [3.05, 3.63) is 53.9 Å². The molecular formula is C26H34S3. The van der Waals surface area contributed by atoms with Crippen LogP contribution in [0, 0.1) is 27.7 Å². The van der Waals surface area contributed by atoms with Crippen molar-refractivity contribution in [1.29, 1.82) is 0 Å². The van der Waals surface area contributed by atoms with E-state index in [-0.39, 0.29) is 10.8 Å². The van der Waals surface area contributed by atoms with Crippen molar-refractivity contribution in [1.82, 2.24) is 0 Å². The van der Waals surface area contributed by atoms with Crippen LogP contribution < -0.4 is 0 Å². The topological polar surface area (TPSA) is 0 Å². The van der Waals surface area contributed by atoms with Gasteiger partial charge in [0.25, 0.3) is 0 Å². The van der Waals surface area contributed by atoms with Gasteiger partial charge in [-0.2, -0.15) is 0 Å². The lowest BCUT2D eigenvalue weighted by Crippen LogP contribution is -2.10. The average molecular weight is 443 g/mol. The first-order valence-electron chi connectivity index (χ1n) is 10.3. The fourth-order valence-electron chi connectivity index (χ4n) is 3.50. The molecule has 0 aromatic carbocycles. The molecule has 0 aliphatic carbocycles. The summed E-state index contributed by atoms with van der Waals surface area (Å²) in [5, 5.41) is 0. The summed E-state index contributed by atoms with van der Waals surface area (Å²) < 4.78 is 0. The zero-order valence-electron chi connectivity index (χ0n) is 19.5. The van der Waals surface area contributed by atoms with Gasteiger partial charge in [0, 0.05) is 29.3 Å². The molecule has 0 atom stereocenters. The Morgan fingerprint density at radius 2 is 1.21 bits per heavy atom. The summed E-state index contributed by atoms with van der Waals surface area (Å²) in [6, 6.07) is 4.72. The molecule has 0 nitrogen and oxygen atoms in total. The SMILES string of the molecule is Cc1cc(-c2sc(C(C)(C)C)c(C)c2C)sc1C=Cc1sc(C(C)(C)C)cc1C. The molecular weight excluding hydrogens is 408 g/mol. The van der Waals surface area contributed by atoms with E-state index in [1.165, 1.54) is 51.5 Å². The highest BCUT2D eigenvalue weighted by atomic mass is 32.1. The van der Waals surface area contributed by atoms with Crippen LogP contribution in [0.4, 0.5) is 0 Å². The molecule has 0 radical (unpaired) electrons. The van der Waals surface area contributed by atoms with Crippen molar-refractivity contribution >= 4 is 46.2 Å². The number of rotatable bonds is 3. The molecule has 3 rings (SSSR count). The van der Waals surface area contributed by atoms with E-state index in [0.29, 0.717) is 0 Å². The maximum Gasteiger partial charge on any atom is 0.0477 e. The number of aryl methyl sites for hydroxylation is 2. The largest absolute Gasteiger partial charge is 0.140 e. The monoisotopic (exact) mass is 442 g/mol. The van der Waals surface area contributed by atoms with Crippen LogP contribution in [0.5, 0.6) is 0 Å². The highest BCUT2D eigenvalue weighted by Gasteiger charge is 2.23. The van der Waals surface area contributed by atoms with Crippen LogP contribution >= 0.6 is 34.0 Å². The first-order valence-corrected chi connectivity index (χ1v) is 12.7. The van der Waals surface area contributed by atoms with Gasteiger partial charge in [0.2, 0.25) is 0 Å². The fraction of sp³-hybridized carbons (Fsp3) is 0.462. The van der Waals surface area contributed by atoms with Crippen LogP contribution in [-0.4, -0.2) is 0 Å². The number of thiophene rings is 3. The van der Waals surface area contributed by atoms with Gasteiger partial charge in [-0.05, 0) is 85.1 Å². The Bertz CT molecular complexity index is 1050. The van der Waals surface area contributed by atoms with Gasteiger partial charge < -0.3 is 0 Å². The highest BCUT2D eigenvalue weighted by Crippen LogP contribution is 2.44. The summed E-state index contributed by atoms with van der Waals surface area (Å²) in [6.07, 6.45) is 4.63. The average Bonchev–Trinajstić information content (AvgIpc) is 3.22. The van der Waals surface area contributed by atoms with Crippen LogP contribution in [0.3, 0.4) is 0 Å². The molecule has 3 heterocycles. The molecule has 0 aliphatic rings. The van der Waals surface area contributed by atoms with Crippen LogP contribution in [-0.2, 0) is 10.8 Å². The van der Waals surface area contributed by atoms with Gasteiger partial charge in [-0.1, -0.05) is 41.5 Å². The van der Waals surface area contributed by atoms with Crippen LogP contribution in [0.25, 0.3) is 21.9 Å². The number of hydrogen-bond acceptors (Lipinski definition) is 3. The summed E-state index contributed by atoms with van der Waals surface area (Å²) in [5.74, 6) is 0. The lowest BCUT2D eigenvalue weighted by atomic mass is 9.91. The molecule has 0 saturated carbocycles. The zero-order chi connectivity index (χ0) is 21.7. The molecule has 0 unspecified atom stereocenters. The molecule has 3 heteroatoms. The summed E-state index contributed by atoms with van der Waals surface area (Å²) in [4.78, 5) is 8.56. The van der Waals surface area contributed by atoms with Gasteiger partial charge >= 0.3 is 0 Å². The summed E-state index contributed by atoms with van der Waals surface area (Å²) in [7, 11) is 0. The van der Waals surface area contributed by atoms with Gasteiger partial charge in [0.05, 0.1) is 0 Å². The van der Waals surface area contributed by atoms with E-state index in [2.05, 4.69) is 93.5 Å². The molecule has 0 amide bonds. The quantitative estimate of drug-likeness (QED) is 0.379. The van der Waals surface area contributed by atoms with E-state index >= 15 is 0 Å². The van der Waals surface area contributed by atoms with Gasteiger partial charge in [-0.25, -0.2) is 0 Å². The van der Waals surface area contributed by atoms with Crippen molar-refractivity contribution in [2.75, 3.05) is 0 Å². The molecule has 0 N–H and O–H groups in total. The molecule has 0 aliphatic heterocycles. The summed E-state index contributed by atoms with van der Waals surface area (Å²) in [6.45, 7) is 22.9. The molecule has 0 spiro atoms. The van der Waals surface area contributed by atoms with Crippen molar-refractivity contribution in [3.63, 3.8) is 0 Å². The first kappa shape index (κ1) is 22.5. The second-order valence-electron chi connectivity index (χ2n) is 10.2. The predicted molar refractivity (Wildman–Crippen MR) is 137 cm³/mol. The van der Waals surface area contributed by atoms with Gasteiger partial charge in [0.15, 0.2) is 0 Å². The van der Waals surface area contributed by atoms with Crippen LogP contribution in [0.15, 0.2) is 12.1 Å². The van der Waals surface area contributed by atoms with Crippen LogP contribution in [0.1, 0.15) is 83.3 Å². The molecule has 0 fully saturated rings. The third-order valence-corrected chi connectivity index (χ3v) is 10.2. The normalized spacial score (nSPS) is 13.0. The minimum atomic E-state index is 0.203. The fourth-order valence-corrected chi connectivity index (χ4v) is 7.24. The van der Waals surface area contributed by atoms with Crippen molar-refractivity contribution < 1.29 is 0 Å². The third-order valence-electron chi connectivity index (χ3n) is 5.39. The van der Waals surface area contributed by atoms with E-state index < -0.39 is 0 Å². The highest BCUT2D eigenvalue weighted by molar-refractivity contribution is 7.23. The smallest absolute Gasteiger partial charge is 0.0477 e. The lowest BCUT2D eigenvalue weighted by Gasteiger charge is -2.17. The van der Waals surface area contributed by atoms with Crippen molar-refractivity contribution in [3.8, 4) is 9.75 Å². The van der Waals surface area contributed by atoms with E-state index in [1.807, 2.05) is 34.0 Å². The second-order valence-corrected chi connectivity index (χ2v) is 13.3. The van der Waals surface area contributed by atoms with Crippen molar-refractivity contribution in [2.45, 2.75) is 80.1 Å². The van der Waals surface area contributed by atoms with Gasteiger partial charge in [0.1, 0.15) is 0 Å². The maximum atomic E-state index is 2.37. The minimum absolute atomic E-state index is 0.203. The maximum absolute atomic E-state index is 2.37. The van der Waals surface area contributed by atoms with Crippen molar-refractivity contribution in [2.24, 2.45) is 0 Å². The standard InChI is InChI=1S/C26H34S3/c1-15-13-21(23-17(3)18(4)24(29-23)26(8,9)10)27-19(15)11-12-20-16(2)14-22(28-20)25(5,6)7/h11-14H,1-10H3. The lowest BCUT2D eigenvalue weighted by molar-refractivity contribution is 0.600. The molecule has 0 bridgehead atoms. The molecule has 156 valence electrons. The van der Waals surface area contributed by atoms with E-state index in [4.69, 9.17) is 0 Å². The third kappa shape index (κ3) is 4.62. The molecule has 0 saturated heterocycles. The predicted octanol–water partition coefficient (Wildman–Crippen LogP) is 9.54. The summed E-state index contributed by atoms with van der Waals surface area (Å²) >= 11 is 5.83. The zero-order valence-corrected chi connectivity index (χ0v) is 22.0. The van der Waals surface area contributed by atoms with Gasteiger partial charge in [-0.15, -0.1) is 34.0 Å². The van der Waals surface area contributed by atoms with E-state index in [9.17, 15) is 0 Å². The Balaban J connectivity index is 1.95. The first-order chi connectivity index (χ1) is 13.3. The number of hydrogen-bond donors (Lipinski definition) is 0. The Morgan fingerprint density at radius 1 is 0.655 bits per heavy atom.